The van der Waals surface area contributed by atoms with Gasteiger partial charge in [-0.25, -0.2) is 0 Å². The number of nitrogens with zero attached hydrogens (tertiary/aromatic N) is 1. The summed E-state index contributed by atoms with van der Waals surface area (Å²) in [6.07, 6.45) is 2.38. The molecule has 1 heterocycles. The highest BCUT2D eigenvalue weighted by Crippen LogP contribution is 2.35. The molecule has 0 aliphatic carbocycles. The summed E-state index contributed by atoms with van der Waals surface area (Å²) in [5.41, 5.74) is -0.889. The molecule has 2 radical (unpaired) electrons. The van der Waals surface area contributed by atoms with Crippen LogP contribution in [-0.4, -0.2) is 60.7 Å². The predicted molar refractivity (Wildman–Crippen MR) is 118 cm³/mol. The third-order valence-corrected chi connectivity index (χ3v) is 5.63. The Balaban J connectivity index is 2.41. The zero-order valence-corrected chi connectivity index (χ0v) is 19.6. The lowest BCUT2D eigenvalue weighted by Gasteiger charge is -2.24. The molecule has 3 atom stereocenters. The first-order valence-corrected chi connectivity index (χ1v) is 11.0. The summed E-state index contributed by atoms with van der Waals surface area (Å²) >= 11 is 0. The molecule has 8 nitrogen and oxygen atoms in total. The van der Waals surface area contributed by atoms with Crippen molar-refractivity contribution >= 4 is 37.2 Å². The standard InChI is InChI=1S/C22H36BN3O5/c1-13(2)18(20(30)24-14(3)19(23)29)25-16(27)10-8-7-9-11-26-17(28)12-15(21(26)31)22(4,5)6/h13-15,18H,7-12H2,1-6H3,(H,24,30)(H,25,27)/t14-,15?,18?/m1/s1. The highest BCUT2D eigenvalue weighted by atomic mass is 16.2. The number of unbranched alkanes of at least 4 members (excludes halogenated alkanes) is 2. The molecule has 0 aromatic rings. The Hall–Kier alpha value is -2.19. The van der Waals surface area contributed by atoms with Gasteiger partial charge in [0.25, 0.3) is 0 Å². The Labute approximate surface area is 186 Å². The van der Waals surface area contributed by atoms with Crippen molar-refractivity contribution in [2.75, 3.05) is 6.54 Å². The molecule has 31 heavy (non-hydrogen) atoms. The maximum absolute atomic E-state index is 12.5. The smallest absolute Gasteiger partial charge is 0.243 e. The minimum atomic E-state index is -0.820. The minimum Gasteiger partial charge on any atom is -0.346 e. The molecular weight excluding hydrogens is 397 g/mol. The molecule has 9 heteroatoms. The molecule has 0 saturated carbocycles. The fourth-order valence-corrected chi connectivity index (χ4v) is 3.48. The Morgan fingerprint density at radius 3 is 2.16 bits per heavy atom. The maximum atomic E-state index is 12.5. The van der Waals surface area contributed by atoms with E-state index in [1.807, 2.05) is 20.8 Å². The van der Waals surface area contributed by atoms with Gasteiger partial charge in [0.05, 0.1) is 17.6 Å². The van der Waals surface area contributed by atoms with Gasteiger partial charge in [-0.15, -0.1) is 0 Å². The summed E-state index contributed by atoms with van der Waals surface area (Å²) in [6, 6.07) is -1.58. The summed E-state index contributed by atoms with van der Waals surface area (Å²) in [6.45, 7) is 11.3. The van der Waals surface area contributed by atoms with E-state index >= 15 is 0 Å². The Morgan fingerprint density at radius 1 is 1.06 bits per heavy atom. The quantitative estimate of drug-likeness (QED) is 0.290. The number of carbonyl (C=O) groups excluding carboxylic acids is 5. The van der Waals surface area contributed by atoms with Crippen molar-refractivity contribution in [2.45, 2.75) is 85.7 Å². The van der Waals surface area contributed by atoms with Gasteiger partial charge >= 0.3 is 0 Å². The van der Waals surface area contributed by atoms with Crippen LogP contribution in [-0.2, 0) is 24.0 Å². The van der Waals surface area contributed by atoms with Crippen LogP contribution in [0.1, 0.15) is 73.6 Å². The van der Waals surface area contributed by atoms with Crippen molar-refractivity contribution in [1.82, 2.24) is 15.5 Å². The Morgan fingerprint density at radius 2 is 1.68 bits per heavy atom. The third kappa shape index (κ3) is 8.11. The van der Waals surface area contributed by atoms with Gasteiger partial charge in [0, 0.05) is 19.4 Å². The van der Waals surface area contributed by atoms with Crippen LogP contribution in [0.3, 0.4) is 0 Å². The molecule has 0 aromatic heterocycles. The number of hydrogen-bond donors (Lipinski definition) is 2. The summed E-state index contributed by atoms with van der Waals surface area (Å²) in [5, 5.41) is 5.21. The van der Waals surface area contributed by atoms with Crippen LogP contribution in [0.25, 0.3) is 0 Å². The van der Waals surface area contributed by atoms with E-state index in [-0.39, 0.29) is 47.8 Å². The van der Waals surface area contributed by atoms with E-state index in [0.29, 0.717) is 25.8 Å². The van der Waals surface area contributed by atoms with Crippen molar-refractivity contribution in [2.24, 2.45) is 17.3 Å². The van der Waals surface area contributed by atoms with E-state index in [0.717, 1.165) is 0 Å². The SMILES string of the molecule is [B]C(=O)[C@@H](C)NC(=O)C(NC(=O)CCCCCN1C(=O)CC(C(C)(C)C)C1=O)C(C)C. The highest BCUT2D eigenvalue weighted by Gasteiger charge is 2.44. The molecule has 1 aliphatic rings. The second kappa shape index (κ2) is 11.4. The molecule has 0 aromatic carbocycles. The molecular formula is C22H36BN3O5. The van der Waals surface area contributed by atoms with Gasteiger partial charge in [0.15, 0.2) is 7.85 Å². The van der Waals surface area contributed by atoms with Crippen LogP contribution >= 0.6 is 0 Å². The number of likely N-dealkylation sites (tertiary alicyclic amines) is 1. The van der Waals surface area contributed by atoms with Gasteiger partial charge in [0.1, 0.15) is 6.04 Å². The summed E-state index contributed by atoms with van der Waals surface area (Å²) in [4.78, 5) is 61.7. The monoisotopic (exact) mass is 433 g/mol. The lowest BCUT2D eigenvalue weighted by atomic mass is 9.80. The summed E-state index contributed by atoms with van der Waals surface area (Å²) in [7, 11) is 5.16. The molecule has 0 bridgehead atoms. The van der Waals surface area contributed by atoms with Crippen LogP contribution in [0.4, 0.5) is 0 Å². The van der Waals surface area contributed by atoms with Crippen LogP contribution < -0.4 is 10.6 Å². The van der Waals surface area contributed by atoms with E-state index < -0.39 is 23.7 Å². The van der Waals surface area contributed by atoms with E-state index in [2.05, 4.69) is 10.6 Å². The Kier molecular flexibility index (Phi) is 9.91. The molecule has 1 aliphatic heterocycles. The molecule has 172 valence electrons. The highest BCUT2D eigenvalue weighted by molar-refractivity contribution is 6.59. The number of carbonyl (C=O) groups is 5. The van der Waals surface area contributed by atoms with E-state index in [1.165, 1.54) is 11.8 Å². The van der Waals surface area contributed by atoms with E-state index in [1.54, 1.807) is 13.8 Å². The number of rotatable bonds is 11. The second-order valence-electron chi connectivity index (χ2n) is 9.74. The predicted octanol–water partition coefficient (Wildman–Crippen LogP) is 1.31. The number of amides is 4. The molecule has 1 saturated heterocycles. The van der Waals surface area contributed by atoms with Crippen molar-refractivity contribution in [3.05, 3.63) is 0 Å². The number of nitrogens with one attached hydrogen (secondary N) is 2. The van der Waals surface area contributed by atoms with Crippen LogP contribution in [0, 0.1) is 17.3 Å². The molecule has 2 unspecified atom stereocenters. The largest absolute Gasteiger partial charge is 0.346 e. The fraction of sp³-hybridized carbons (Fsp3) is 0.773. The fourth-order valence-electron chi connectivity index (χ4n) is 3.48. The first-order chi connectivity index (χ1) is 14.3. The zero-order valence-electron chi connectivity index (χ0n) is 19.6. The number of hydrogen-bond acceptors (Lipinski definition) is 5. The lowest BCUT2D eigenvalue weighted by Crippen LogP contribution is -2.53. The van der Waals surface area contributed by atoms with Gasteiger partial charge in [-0.2, -0.15) is 0 Å². The van der Waals surface area contributed by atoms with Gasteiger partial charge < -0.3 is 15.4 Å². The Bertz CT molecular complexity index is 702. The van der Waals surface area contributed by atoms with Gasteiger partial charge in [-0.3, -0.25) is 24.1 Å². The van der Waals surface area contributed by atoms with Crippen LogP contribution in [0.2, 0.25) is 0 Å². The van der Waals surface area contributed by atoms with Gasteiger partial charge in [-0.1, -0.05) is 41.0 Å². The topological polar surface area (TPSA) is 113 Å². The lowest BCUT2D eigenvalue weighted by molar-refractivity contribution is -0.140. The zero-order chi connectivity index (χ0) is 23.9. The minimum absolute atomic E-state index is 0.105. The van der Waals surface area contributed by atoms with Gasteiger partial charge in [0.2, 0.25) is 23.6 Å². The second-order valence-corrected chi connectivity index (χ2v) is 9.74. The van der Waals surface area contributed by atoms with Crippen LogP contribution in [0.5, 0.6) is 0 Å². The van der Waals surface area contributed by atoms with Crippen molar-refractivity contribution in [3.8, 4) is 0 Å². The number of imide groups is 1. The van der Waals surface area contributed by atoms with Crippen LogP contribution in [0.15, 0.2) is 0 Å². The van der Waals surface area contributed by atoms with Gasteiger partial charge in [-0.05, 0) is 31.1 Å². The average molecular weight is 433 g/mol. The average Bonchev–Trinajstić information content (AvgIpc) is 2.93. The first kappa shape index (κ1) is 26.8. The molecule has 0 spiro atoms. The van der Waals surface area contributed by atoms with E-state index in [4.69, 9.17) is 7.85 Å². The van der Waals surface area contributed by atoms with Crippen molar-refractivity contribution in [1.29, 1.82) is 0 Å². The summed E-state index contributed by atoms with van der Waals surface area (Å²) in [5.74, 6) is -1.38. The van der Waals surface area contributed by atoms with Crippen molar-refractivity contribution in [3.63, 3.8) is 0 Å². The molecule has 4 amide bonds. The molecule has 2 N–H and O–H groups in total. The molecule has 1 fully saturated rings. The maximum Gasteiger partial charge on any atom is 0.243 e. The molecule has 1 rings (SSSR count). The van der Waals surface area contributed by atoms with E-state index in [9.17, 15) is 24.0 Å². The van der Waals surface area contributed by atoms with Crippen molar-refractivity contribution < 1.29 is 24.0 Å². The normalized spacial score (nSPS) is 18.8. The summed E-state index contributed by atoms with van der Waals surface area (Å²) < 4.78 is 0. The first-order valence-electron chi connectivity index (χ1n) is 11.0. The third-order valence-electron chi connectivity index (χ3n) is 5.63.